The van der Waals surface area contributed by atoms with Crippen molar-refractivity contribution in [3.63, 3.8) is 0 Å². The van der Waals surface area contributed by atoms with Crippen LogP contribution < -0.4 is 16.0 Å². The van der Waals surface area contributed by atoms with E-state index in [4.69, 9.17) is 0 Å². The number of hydrogen-bond acceptors (Lipinski definition) is 3. The molecule has 0 unspecified atom stereocenters. The van der Waals surface area contributed by atoms with Crippen LogP contribution in [-0.4, -0.2) is 16.5 Å². The maximum absolute atomic E-state index is 12.9. The Morgan fingerprint density at radius 3 is 2.35 bits per heavy atom. The van der Waals surface area contributed by atoms with Crippen LogP contribution in [0.4, 0.5) is 21.9 Å². The van der Waals surface area contributed by atoms with Gasteiger partial charge in [0.25, 0.3) is 5.91 Å². The van der Waals surface area contributed by atoms with E-state index < -0.39 is 11.9 Å². The van der Waals surface area contributed by atoms with Crippen LogP contribution in [0.1, 0.15) is 35.9 Å². The second-order valence-electron chi connectivity index (χ2n) is 8.08. The SMILES string of the molecule is CCCn1c(C)cc(/C=C(\C#N)C(=O)Nc2cc(NC(=O)Nc3ccccc3)ccc2C)c1C. The van der Waals surface area contributed by atoms with Gasteiger partial charge in [0, 0.05) is 35.0 Å². The van der Waals surface area contributed by atoms with Gasteiger partial charge in [-0.25, -0.2) is 4.79 Å². The molecular weight excluding hydrogens is 426 g/mol. The van der Waals surface area contributed by atoms with Crippen molar-refractivity contribution in [2.24, 2.45) is 0 Å². The van der Waals surface area contributed by atoms with Gasteiger partial charge in [0.1, 0.15) is 11.6 Å². The molecule has 0 radical (unpaired) electrons. The number of benzene rings is 2. The molecule has 0 fully saturated rings. The average Bonchev–Trinajstić information content (AvgIpc) is 3.07. The lowest BCUT2D eigenvalue weighted by atomic mass is 10.1. The first-order chi connectivity index (χ1) is 16.3. The highest BCUT2D eigenvalue weighted by atomic mass is 16.2. The molecule has 3 rings (SSSR count). The first kappa shape index (κ1) is 24.3. The summed E-state index contributed by atoms with van der Waals surface area (Å²) >= 11 is 0. The number of nitrogens with zero attached hydrogens (tertiary/aromatic N) is 2. The lowest BCUT2D eigenvalue weighted by Gasteiger charge is -2.12. The minimum atomic E-state index is -0.503. The number of carbonyl (C=O) groups excluding carboxylic acids is 2. The molecule has 0 spiro atoms. The molecular formula is C27H29N5O2. The molecule has 1 aromatic heterocycles. The van der Waals surface area contributed by atoms with E-state index in [1.165, 1.54) is 0 Å². The second kappa shape index (κ2) is 11.0. The van der Waals surface area contributed by atoms with Crippen LogP contribution in [0.2, 0.25) is 0 Å². The molecule has 0 aliphatic carbocycles. The second-order valence-corrected chi connectivity index (χ2v) is 8.08. The van der Waals surface area contributed by atoms with Crippen molar-refractivity contribution >= 4 is 35.1 Å². The largest absolute Gasteiger partial charge is 0.349 e. The lowest BCUT2D eigenvalue weighted by molar-refractivity contribution is -0.112. The Kier molecular flexibility index (Phi) is 7.88. The number of amides is 3. The van der Waals surface area contributed by atoms with Gasteiger partial charge in [-0.2, -0.15) is 5.26 Å². The summed E-state index contributed by atoms with van der Waals surface area (Å²) in [4.78, 5) is 25.2. The topological polar surface area (TPSA) is 98.9 Å². The molecule has 7 heteroatoms. The summed E-state index contributed by atoms with van der Waals surface area (Å²) in [5, 5.41) is 17.9. The Morgan fingerprint density at radius 1 is 0.971 bits per heavy atom. The third kappa shape index (κ3) is 5.93. The molecule has 2 aromatic carbocycles. The molecule has 1 heterocycles. The standard InChI is InChI=1S/C27H29N5O2/c1-5-13-32-19(3)14-21(20(32)4)15-22(17-28)26(33)31-25-16-24(12-11-18(25)2)30-27(34)29-23-9-7-6-8-10-23/h6-12,14-16H,5,13H2,1-4H3,(H,31,33)(H2,29,30,34)/b22-15+. The van der Waals surface area contributed by atoms with E-state index in [0.29, 0.717) is 17.1 Å². The fraction of sp³-hybridized carbons (Fsp3) is 0.222. The van der Waals surface area contributed by atoms with E-state index >= 15 is 0 Å². The van der Waals surface area contributed by atoms with Crippen molar-refractivity contribution in [3.8, 4) is 6.07 Å². The molecule has 0 bridgehead atoms. The highest BCUT2D eigenvalue weighted by Gasteiger charge is 2.14. The first-order valence-electron chi connectivity index (χ1n) is 11.2. The highest BCUT2D eigenvalue weighted by molar-refractivity contribution is 6.10. The van der Waals surface area contributed by atoms with E-state index in [0.717, 1.165) is 35.5 Å². The minimum Gasteiger partial charge on any atom is -0.349 e. The number of para-hydroxylation sites is 1. The maximum Gasteiger partial charge on any atom is 0.323 e. The van der Waals surface area contributed by atoms with Crippen molar-refractivity contribution < 1.29 is 9.59 Å². The van der Waals surface area contributed by atoms with E-state index in [2.05, 4.69) is 27.4 Å². The Bertz CT molecular complexity index is 1270. The number of urea groups is 1. The quantitative estimate of drug-likeness (QED) is 0.300. The normalized spacial score (nSPS) is 11.0. The number of aromatic nitrogens is 1. The number of aryl methyl sites for hydroxylation is 2. The van der Waals surface area contributed by atoms with E-state index in [1.807, 2.05) is 51.1 Å². The van der Waals surface area contributed by atoms with Crippen LogP contribution in [0.25, 0.3) is 6.08 Å². The predicted octanol–water partition coefficient (Wildman–Crippen LogP) is 6.01. The molecule has 34 heavy (non-hydrogen) atoms. The van der Waals surface area contributed by atoms with E-state index in [1.54, 1.807) is 36.4 Å². The van der Waals surface area contributed by atoms with Gasteiger partial charge in [0.2, 0.25) is 0 Å². The fourth-order valence-corrected chi connectivity index (χ4v) is 3.68. The number of carbonyl (C=O) groups is 2. The monoisotopic (exact) mass is 455 g/mol. The highest BCUT2D eigenvalue weighted by Crippen LogP contribution is 2.23. The summed E-state index contributed by atoms with van der Waals surface area (Å²) in [5.41, 5.74) is 5.47. The van der Waals surface area contributed by atoms with Gasteiger partial charge in [-0.1, -0.05) is 31.2 Å². The van der Waals surface area contributed by atoms with Crippen LogP contribution in [0.15, 0.2) is 60.2 Å². The van der Waals surface area contributed by atoms with Crippen LogP contribution in [-0.2, 0) is 11.3 Å². The predicted molar refractivity (Wildman–Crippen MR) is 137 cm³/mol. The van der Waals surface area contributed by atoms with Gasteiger partial charge < -0.3 is 20.5 Å². The van der Waals surface area contributed by atoms with Gasteiger partial charge in [0.15, 0.2) is 0 Å². The lowest BCUT2D eigenvalue weighted by Crippen LogP contribution is -2.20. The van der Waals surface area contributed by atoms with Crippen molar-refractivity contribution in [1.29, 1.82) is 5.26 Å². The molecule has 0 saturated carbocycles. The Morgan fingerprint density at radius 2 is 1.68 bits per heavy atom. The molecule has 0 saturated heterocycles. The number of nitriles is 1. The maximum atomic E-state index is 12.9. The van der Waals surface area contributed by atoms with Crippen LogP contribution >= 0.6 is 0 Å². The van der Waals surface area contributed by atoms with Gasteiger partial charge >= 0.3 is 6.03 Å². The van der Waals surface area contributed by atoms with Crippen molar-refractivity contribution in [2.75, 3.05) is 16.0 Å². The summed E-state index contributed by atoms with van der Waals surface area (Å²) in [6.07, 6.45) is 2.62. The van der Waals surface area contributed by atoms with Gasteiger partial charge in [-0.3, -0.25) is 4.79 Å². The number of anilines is 3. The van der Waals surface area contributed by atoms with Gasteiger partial charge in [-0.15, -0.1) is 0 Å². The zero-order valence-corrected chi connectivity index (χ0v) is 19.9. The molecule has 0 aliphatic rings. The van der Waals surface area contributed by atoms with Gasteiger partial charge in [-0.05, 0) is 74.7 Å². The Hall–Kier alpha value is -4.31. The van der Waals surface area contributed by atoms with Crippen molar-refractivity contribution in [1.82, 2.24) is 4.57 Å². The summed E-state index contributed by atoms with van der Waals surface area (Å²) in [7, 11) is 0. The van der Waals surface area contributed by atoms with Crippen LogP contribution in [0.3, 0.4) is 0 Å². The first-order valence-corrected chi connectivity index (χ1v) is 11.2. The summed E-state index contributed by atoms with van der Waals surface area (Å²) in [6.45, 7) is 8.84. The number of hydrogen-bond donors (Lipinski definition) is 3. The molecule has 0 aliphatic heterocycles. The molecule has 174 valence electrons. The zero-order chi connectivity index (χ0) is 24.7. The molecule has 3 aromatic rings. The summed E-state index contributed by atoms with van der Waals surface area (Å²) < 4.78 is 2.18. The fourth-order valence-electron chi connectivity index (χ4n) is 3.68. The summed E-state index contributed by atoms with van der Waals surface area (Å²) in [6, 6.07) is 17.9. The van der Waals surface area contributed by atoms with Crippen molar-refractivity contribution in [2.45, 2.75) is 40.7 Å². The van der Waals surface area contributed by atoms with Gasteiger partial charge in [0.05, 0.1) is 0 Å². The Labute approximate surface area is 200 Å². The molecule has 0 atom stereocenters. The third-order valence-electron chi connectivity index (χ3n) is 5.50. The Balaban J connectivity index is 1.76. The number of nitrogens with one attached hydrogen (secondary N) is 3. The minimum absolute atomic E-state index is 0.0105. The third-order valence-corrected chi connectivity index (χ3v) is 5.50. The summed E-state index contributed by atoms with van der Waals surface area (Å²) in [5.74, 6) is -0.503. The number of rotatable bonds is 7. The zero-order valence-electron chi connectivity index (χ0n) is 19.9. The van der Waals surface area contributed by atoms with Crippen molar-refractivity contribution in [3.05, 3.63) is 82.7 Å². The van der Waals surface area contributed by atoms with E-state index in [9.17, 15) is 14.9 Å². The molecule has 3 amide bonds. The average molecular weight is 456 g/mol. The molecule has 7 nitrogen and oxygen atoms in total. The van der Waals surface area contributed by atoms with E-state index in [-0.39, 0.29) is 5.57 Å². The smallest absolute Gasteiger partial charge is 0.323 e. The van der Waals surface area contributed by atoms with Crippen LogP contribution in [0, 0.1) is 32.1 Å². The van der Waals surface area contributed by atoms with Crippen LogP contribution in [0.5, 0.6) is 0 Å². The molecule has 3 N–H and O–H groups in total.